The van der Waals surface area contributed by atoms with E-state index in [9.17, 15) is 0 Å². The molecule has 5 nitrogen and oxygen atoms in total. The SMILES string of the molecule is COc1ncccc1CNc1ccc(C)nn1. The Morgan fingerprint density at radius 2 is 2.12 bits per heavy atom. The van der Waals surface area contributed by atoms with Gasteiger partial charge in [0.1, 0.15) is 5.82 Å². The van der Waals surface area contributed by atoms with Crippen molar-refractivity contribution in [3.05, 3.63) is 41.7 Å². The van der Waals surface area contributed by atoms with Crippen molar-refractivity contribution >= 4 is 5.82 Å². The van der Waals surface area contributed by atoms with E-state index >= 15 is 0 Å². The van der Waals surface area contributed by atoms with Crippen LogP contribution in [0.15, 0.2) is 30.5 Å². The van der Waals surface area contributed by atoms with Crippen molar-refractivity contribution < 1.29 is 4.74 Å². The molecule has 2 aromatic heterocycles. The summed E-state index contributed by atoms with van der Waals surface area (Å²) in [6.07, 6.45) is 1.70. The lowest BCUT2D eigenvalue weighted by atomic mass is 10.2. The van der Waals surface area contributed by atoms with Crippen LogP contribution in [0.4, 0.5) is 5.82 Å². The lowest BCUT2D eigenvalue weighted by Gasteiger charge is -2.08. The van der Waals surface area contributed by atoms with Gasteiger partial charge in [0.2, 0.25) is 5.88 Å². The second kappa shape index (κ2) is 5.25. The van der Waals surface area contributed by atoms with E-state index in [2.05, 4.69) is 20.5 Å². The molecule has 0 aliphatic rings. The van der Waals surface area contributed by atoms with Crippen molar-refractivity contribution in [2.75, 3.05) is 12.4 Å². The Hall–Kier alpha value is -2.17. The van der Waals surface area contributed by atoms with Crippen LogP contribution in [-0.2, 0) is 6.54 Å². The van der Waals surface area contributed by atoms with E-state index in [1.807, 2.05) is 31.2 Å². The molecule has 5 heteroatoms. The molecule has 0 fully saturated rings. The van der Waals surface area contributed by atoms with Gasteiger partial charge >= 0.3 is 0 Å². The molecular weight excluding hydrogens is 216 g/mol. The molecule has 0 saturated carbocycles. The van der Waals surface area contributed by atoms with Crippen molar-refractivity contribution in [2.24, 2.45) is 0 Å². The maximum atomic E-state index is 5.17. The number of nitrogens with one attached hydrogen (secondary N) is 1. The molecule has 0 saturated heterocycles. The first-order valence-electron chi connectivity index (χ1n) is 5.31. The minimum absolute atomic E-state index is 0.606. The van der Waals surface area contributed by atoms with Gasteiger partial charge < -0.3 is 10.1 Å². The number of aromatic nitrogens is 3. The van der Waals surface area contributed by atoms with Crippen molar-refractivity contribution in [1.82, 2.24) is 15.2 Å². The predicted octanol–water partition coefficient (Wildman–Crippen LogP) is 1.80. The fourth-order valence-corrected chi connectivity index (χ4v) is 1.42. The van der Waals surface area contributed by atoms with Crippen LogP contribution in [0.3, 0.4) is 0 Å². The minimum Gasteiger partial charge on any atom is -0.481 e. The Kier molecular flexibility index (Phi) is 3.49. The molecule has 2 heterocycles. The van der Waals surface area contributed by atoms with Crippen molar-refractivity contribution in [3.8, 4) is 5.88 Å². The molecule has 0 aliphatic heterocycles. The largest absolute Gasteiger partial charge is 0.481 e. The Morgan fingerprint density at radius 3 is 2.82 bits per heavy atom. The summed E-state index contributed by atoms with van der Waals surface area (Å²) in [7, 11) is 1.61. The van der Waals surface area contributed by atoms with Gasteiger partial charge in [-0.25, -0.2) is 4.98 Å². The van der Waals surface area contributed by atoms with E-state index in [4.69, 9.17) is 4.74 Å². The van der Waals surface area contributed by atoms with Crippen LogP contribution in [-0.4, -0.2) is 22.3 Å². The summed E-state index contributed by atoms with van der Waals surface area (Å²) in [4.78, 5) is 4.13. The number of aryl methyl sites for hydroxylation is 1. The average Bonchev–Trinajstić information content (AvgIpc) is 2.38. The van der Waals surface area contributed by atoms with Gasteiger partial charge in [-0.3, -0.25) is 0 Å². The molecule has 0 radical (unpaired) electrons. The van der Waals surface area contributed by atoms with Crippen LogP contribution in [0, 0.1) is 6.92 Å². The standard InChI is InChI=1S/C12H14N4O/c1-9-5-6-11(16-15-9)14-8-10-4-3-7-13-12(10)17-2/h3-7H,8H2,1-2H3,(H,14,16). The molecule has 2 rings (SSSR count). The number of methoxy groups -OCH3 is 1. The molecule has 0 atom stereocenters. The van der Waals surface area contributed by atoms with Crippen LogP contribution in [0.25, 0.3) is 0 Å². The van der Waals surface area contributed by atoms with Gasteiger partial charge in [0.15, 0.2) is 0 Å². The highest BCUT2D eigenvalue weighted by molar-refractivity contribution is 5.36. The quantitative estimate of drug-likeness (QED) is 0.867. The Morgan fingerprint density at radius 1 is 1.24 bits per heavy atom. The van der Waals surface area contributed by atoms with Crippen LogP contribution in [0.2, 0.25) is 0 Å². The fourth-order valence-electron chi connectivity index (χ4n) is 1.42. The van der Waals surface area contributed by atoms with Crippen molar-refractivity contribution in [3.63, 3.8) is 0 Å². The number of hydrogen-bond acceptors (Lipinski definition) is 5. The van der Waals surface area contributed by atoms with Crippen LogP contribution >= 0.6 is 0 Å². The van der Waals surface area contributed by atoms with Gasteiger partial charge in [-0.15, -0.1) is 5.10 Å². The van der Waals surface area contributed by atoms with Gasteiger partial charge in [-0.1, -0.05) is 6.07 Å². The van der Waals surface area contributed by atoms with Crippen LogP contribution in [0.1, 0.15) is 11.3 Å². The highest BCUT2D eigenvalue weighted by Gasteiger charge is 2.03. The number of hydrogen-bond donors (Lipinski definition) is 1. The zero-order valence-electron chi connectivity index (χ0n) is 9.84. The van der Waals surface area contributed by atoms with Crippen LogP contribution < -0.4 is 10.1 Å². The first kappa shape index (κ1) is 11.3. The molecule has 17 heavy (non-hydrogen) atoms. The first-order valence-corrected chi connectivity index (χ1v) is 5.31. The summed E-state index contributed by atoms with van der Waals surface area (Å²) in [5, 5.41) is 11.2. The second-order valence-corrected chi connectivity index (χ2v) is 3.59. The molecule has 0 aliphatic carbocycles. The topological polar surface area (TPSA) is 59.9 Å². The van der Waals surface area contributed by atoms with Crippen molar-refractivity contribution in [2.45, 2.75) is 13.5 Å². The Balaban J connectivity index is 2.04. The van der Waals surface area contributed by atoms with E-state index in [1.54, 1.807) is 13.3 Å². The highest BCUT2D eigenvalue weighted by atomic mass is 16.5. The third kappa shape index (κ3) is 2.90. The maximum absolute atomic E-state index is 5.17. The average molecular weight is 230 g/mol. The minimum atomic E-state index is 0.606. The zero-order valence-corrected chi connectivity index (χ0v) is 9.84. The first-order chi connectivity index (χ1) is 8.29. The molecule has 0 amide bonds. The Bertz CT molecular complexity index is 484. The van der Waals surface area contributed by atoms with Gasteiger partial charge in [-0.2, -0.15) is 5.10 Å². The zero-order chi connectivity index (χ0) is 12.1. The van der Waals surface area contributed by atoms with Gasteiger partial charge in [0.25, 0.3) is 0 Å². The number of ether oxygens (including phenoxy) is 1. The molecule has 0 bridgehead atoms. The summed E-state index contributed by atoms with van der Waals surface area (Å²) in [5.41, 5.74) is 1.88. The monoisotopic (exact) mass is 230 g/mol. The van der Waals surface area contributed by atoms with E-state index in [1.165, 1.54) is 0 Å². The highest BCUT2D eigenvalue weighted by Crippen LogP contribution is 2.14. The molecule has 2 aromatic rings. The third-order valence-electron chi connectivity index (χ3n) is 2.30. The fraction of sp³-hybridized carbons (Fsp3) is 0.250. The number of nitrogens with zero attached hydrogens (tertiary/aromatic N) is 3. The van der Waals surface area contributed by atoms with E-state index < -0.39 is 0 Å². The van der Waals surface area contributed by atoms with Gasteiger partial charge in [-0.05, 0) is 25.1 Å². The maximum Gasteiger partial charge on any atom is 0.218 e. The summed E-state index contributed by atoms with van der Waals surface area (Å²) in [6, 6.07) is 7.64. The normalized spacial score (nSPS) is 10.0. The molecule has 1 N–H and O–H groups in total. The molecule has 0 unspecified atom stereocenters. The molecule has 0 spiro atoms. The summed E-state index contributed by atoms with van der Waals surface area (Å²) in [6.45, 7) is 2.51. The number of pyridine rings is 1. The van der Waals surface area contributed by atoms with Gasteiger partial charge in [0.05, 0.1) is 12.8 Å². The number of rotatable bonds is 4. The summed E-state index contributed by atoms with van der Waals surface area (Å²) >= 11 is 0. The molecular formula is C12H14N4O. The van der Waals surface area contributed by atoms with E-state index in [0.717, 1.165) is 17.1 Å². The lowest BCUT2D eigenvalue weighted by Crippen LogP contribution is -2.04. The second-order valence-electron chi connectivity index (χ2n) is 3.59. The lowest BCUT2D eigenvalue weighted by molar-refractivity contribution is 0.393. The molecule has 0 aromatic carbocycles. The van der Waals surface area contributed by atoms with Gasteiger partial charge in [0, 0.05) is 18.3 Å². The number of anilines is 1. The van der Waals surface area contributed by atoms with Crippen LogP contribution in [0.5, 0.6) is 5.88 Å². The van der Waals surface area contributed by atoms with Crippen molar-refractivity contribution in [1.29, 1.82) is 0 Å². The smallest absolute Gasteiger partial charge is 0.218 e. The predicted molar refractivity (Wildman–Crippen MR) is 64.9 cm³/mol. The summed E-state index contributed by atoms with van der Waals surface area (Å²) in [5.74, 6) is 1.36. The molecule has 88 valence electrons. The summed E-state index contributed by atoms with van der Waals surface area (Å²) < 4.78 is 5.17. The van der Waals surface area contributed by atoms with E-state index in [-0.39, 0.29) is 0 Å². The Labute approximate surface area is 99.9 Å². The third-order valence-corrected chi connectivity index (χ3v) is 2.30. The van der Waals surface area contributed by atoms with E-state index in [0.29, 0.717) is 12.4 Å².